The van der Waals surface area contributed by atoms with Gasteiger partial charge < -0.3 is 15.5 Å². The smallest absolute Gasteiger partial charge is 0.261 e. The molecule has 2 heterocycles. The number of unbranched alkanes of at least 4 members (excludes halogenated alkanes) is 1. The van der Waals surface area contributed by atoms with Crippen LogP contribution in [0.15, 0.2) is 54.6 Å². The summed E-state index contributed by atoms with van der Waals surface area (Å²) in [6, 6.07) is 17.5. The Morgan fingerprint density at radius 3 is 2.85 bits per heavy atom. The van der Waals surface area contributed by atoms with Crippen molar-refractivity contribution in [3.8, 4) is 0 Å². The van der Waals surface area contributed by atoms with Crippen LogP contribution in [0, 0.1) is 0 Å². The number of fused-ring (bicyclic) bond motifs is 2. The molecule has 0 radical (unpaired) electrons. The Morgan fingerprint density at radius 2 is 2.00 bits per heavy atom. The zero-order valence-electron chi connectivity index (χ0n) is 19.4. The van der Waals surface area contributed by atoms with Crippen molar-refractivity contribution in [2.45, 2.75) is 45.1 Å². The predicted molar refractivity (Wildman–Crippen MR) is 140 cm³/mol. The van der Waals surface area contributed by atoms with Crippen molar-refractivity contribution in [3.05, 3.63) is 70.6 Å². The Bertz CT molecular complexity index is 1160. The van der Waals surface area contributed by atoms with E-state index >= 15 is 0 Å². The van der Waals surface area contributed by atoms with E-state index in [2.05, 4.69) is 77.1 Å². The van der Waals surface area contributed by atoms with Gasteiger partial charge in [-0.2, -0.15) is 0 Å². The van der Waals surface area contributed by atoms with E-state index in [-0.39, 0.29) is 11.9 Å². The van der Waals surface area contributed by atoms with E-state index in [1.165, 1.54) is 27.1 Å². The van der Waals surface area contributed by atoms with Gasteiger partial charge in [-0.05, 0) is 59.5 Å². The van der Waals surface area contributed by atoms with E-state index in [0.29, 0.717) is 0 Å². The van der Waals surface area contributed by atoms with E-state index < -0.39 is 0 Å². The van der Waals surface area contributed by atoms with Crippen LogP contribution < -0.4 is 15.5 Å². The van der Waals surface area contributed by atoms with Crippen LogP contribution in [0.25, 0.3) is 15.7 Å². The number of allylic oxidation sites excluding steroid dienone is 1. The predicted octanol–water partition coefficient (Wildman–Crippen LogP) is 5.63. The lowest BCUT2D eigenvalue weighted by Crippen LogP contribution is -2.43. The number of piperazine rings is 1. The van der Waals surface area contributed by atoms with Crippen molar-refractivity contribution < 1.29 is 4.79 Å². The van der Waals surface area contributed by atoms with E-state index in [1.54, 1.807) is 11.3 Å². The molecule has 0 saturated carbocycles. The molecule has 2 aliphatic rings. The minimum absolute atomic E-state index is 0.0629. The number of rotatable bonds is 8. The fourth-order valence-corrected chi connectivity index (χ4v) is 6.00. The Morgan fingerprint density at radius 1 is 1.15 bits per heavy atom. The van der Waals surface area contributed by atoms with Crippen molar-refractivity contribution in [1.29, 1.82) is 0 Å². The molecule has 1 fully saturated rings. The van der Waals surface area contributed by atoms with Gasteiger partial charge in [0.15, 0.2) is 0 Å². The van der Waals surface area contributed by atoms with Crippen molar-refractivity contribution in [2.24, 2.45) is 0 Å². The van der Waals surface area contributed by atoms with Gasteiger partial charge in [0.1, 0.15) is 0 Å². The normalized spacial score (nSPS) is 16.5. The lowest BCUT2D eigenvalue weighted by atomic mass is 9.96. The molecule has 1 atom stereocenters. The molecule has 2 N–H and O–H groups in total. The average molecular weight is 460 g/mol. The Hall–Kier alpha value is -2.63. The third-order valence-electron chi connectivity index (χ3n) is 6.85. The first-order valence-electron chi connectivity index (χ1n) is 12.3. The Kier molecular flexibility index (Phi) is 6.79. The van der Waals surface area contributed by atoms with E-state index in [0.717, 1.165) is 68.5 Å². The minimum atomic E-state index is 0.0629. The lowest BCUT2D eigenvalue weighted by Gasteiger charge is -2.29. The highest BCUT2D eigenvalue weighted by molar-refractivity contribution is 7.20. The second-order valence-electron chi connectivity index (χ2n) is 9.18. The summed E-state index contributed by atoms with van der Waals surface area (Å²) < 4.78 is 1.19. The summed E-state index contributed by atoms with van der Waals surface area (Å²) in [5.74, 6) is 0.0629. The van der Waals surface area contributed by atoms with Crippen molar-refractivity contribution >= 4 is 38.6 Å². The first-order valence-corrected chi connectivity index (χ1v) is 13.1. The largest absolute Gasteiger partial charge is 0.369 e. The van der Waals surface area contributed by atoms with Gasteiger partial charge in [-0.15, -0.1) is 11.3 Å². The molecule has 2 aromatic carbocycles. The van der Waals surface area contributed by atoms with Gasteiger partial charge in [-0.25, -0.2) is 0 Å². The average Bonchev–Trinajstić information content (AvgIpc) is 3.47. The van der Waals surface area contributed by atoms with Crippen LogP contribution in [0.5, 0.6) is 0 Å². The number of hydrogen-bond acceptors (Lipinski definition) is 4. The molecule has 5 heteroatoms. The summed E-state index contributed by atoms with van der Waals surface area (Å²) >= 11 is 1.61. The molecule has 1 aromatic heterocycles. The monoisotopic (exact) mass is 459 g/mol. The van der Waals surface area contributed by atoms with Crippen molar-refractivity contribution in [3.63, 3.8) is 0 Å². The summed E-state index contributed by atoms with van der Waals surface area (Å²) in [4.78, 5) is 16.5. The number of amides is 1. The first kappa shape index (κ1) is 22.2. The molecule has 1 aliphatic heterocycles. The second-order valence-corrected chi connectivity index (χ2v) is 10.3. The Balaban J connectivity index is 1.30. The van der Waals surface area contributed by atoms with E-state index in [4.69, 9.17) is 0 Å². The van der Waals surface area contributed by atoms with Crippen LogP contribution in [0.2, 0.25) is 0 Å². The molecular formula is C28H33N3OS. The van der Waals surface area contributed by atoms with Crippen molar-refractivity contribution in [1.82, 2.24) is 10.6 Å². The number of hydrogen-bond donors (Lipinski definition) is 2. The molecule has 1 unspecified atom stereocenters. The van der Waals surface area contributed by atoms with Gasteiger partial charge in [0.2, 0.25) is 0 Å². The number of carbonyl (C=O) groups excluding carboxylic acids is 1. The van der Waals surface area contributed by atoms with Gasteiger partial charge in [0.25, 0.3) is 5.91 Å². The molecule has 1 saturated heterocycles. The molecular weight excluding hydrogens is 426 g/mol. The zero-order chi connectivity index (χ0) is 22.6. The number of carbonyl (C=O) groups is 1. The molecule has 5 rings (SSSR count). The highest BCUT2D eigenvalue weighted by Gasteiger charge is 2.21. The van der Waals surface area contributed by atoms with E-state index in [1.807, 2.05) is 0 Å². The second kappa shape index (κ2) is 10.1. The quantitative estimate of drug-likeness (QED) is 0.459. The molecule has 3 aromatic rings. The summed E-state index contributed by atoms with van der Waals surface area (Å²) in [6.45, 7) is 6.32. The molecule has 1 amide bonds. The third kappa shape index (κ3) is 4.99. The molecule has 0 spiro atoms. The first-order chi connectivity index (χ1) is 16.2. The van der Waals surface area contributed by atoms with Crippen LogP contribution in [-0.2, 0) is 6.42 Å². The maximum Gasteiger partial charge on any atom is 0.261 e. The van der Waals surface area contributed by atoms with Crippen LogP contribution in [-0.4, -0.2) is 38.1 Å². The van der Waals surface area contributed by atoms with Crippen LogP contribution in [0.4, 0.5) is 5.69 Å². The minimum Gasteiger partial charge on any atom is -0.369 e. The van der Waals surface area contributed by atoms with Gasteiger partial charge in [0, 0.05) is 42.6 Å². The number of nitrogens with zero attached hydrogens (tertiary/aromatic N) is 1. The van der Waals surface area contributed by atoms with Crippen LogP contribution in [0.3, 0.4) is 0 Å². The SMILES string of the molecule is CCCCC(CC1=CCc2ccccc21)NC(=O)c1cc2ccc(N3CCNCC3)cc2s1. The zero-order valence-corrected chi connectivity index (χ0v) is 20.2. The fraction of sp³-hybridized carbons (Fsp3) is 0.393. The van der Waals surface area contributed by atoms with Gasteiger partial charge >= 0.3 is 0 Å². The van der Waals surface area contributed by atoms with Crippen LogP contribution in [0.1, 0.15) is 53.4 Å². The van der Waals surface area contributed by atoms with Crippen molar-refractivity contribution in [2.75, 3.05) is 31.1 Å². The highest BCUT2D eigenvalue weighted by atomic mass is 32.1. The number of benzene rings is 2. The molecule has 172 valence electrons. The molecule has 33 heavy (non-hydrogen) atoms. The lowest BCUT2D eigenvalue weighted by molar-refractivity contribution is 0.0939. The number of nitrogens with one attached hydrogen (secondary N) is 2. The van der Waals surface area contributed by atoms with Gasteiger partial charge in [-0.3, -0.25) is 4.79 Å². The summed E-state index contributed by atoms with van der Waals surface area (Å²) in [5, 5.41) is 7.94. The maximum atomic E-state index is 13.3. The number of thiophene rings is 1. The Labute approximate surface area is 200 Å². The number of anilines is 1. The van der Waals surface area contributed by atoms with E-state index in [9.17, 15) is 4.79 Å². The highest BCUT2D eigenvalue weighted by Crippen LogP contribution is 2.33. The van der Waals surface area contributed by atoms with Gasteiger partial charge in [-0.1, -0.05) is 56.2 Å². The van der Waals surface area contributed by atoms with Crippen LogP contribution >= 0.6 is 11.3 Å². The summed E-state index contributed by atoms with van der Waals surface area (Å²) in [7, 11) is 0. The summed E-state index contributed by atoms with van der Waals surface area (Å²) in [5.41, 5.74) is 5.39. The standard InChI is InChI=1S/C28H33N3OS/c1-2-3-7-23(17-21-10-9-20-6-4-5-8-25(20)21)30-28(32)27-18-22-11-12-24(19-26(22)33-27)31-15-13-29-14-16-31/h4-6,8,10-12,18-19,23,29H,2-3,7,9,13-17H2,1H3,(H,30,32). The fourth-order valence-electron chi connectivity index (χ4n) is 5.00. The molecule has 4 nitrogen and oxygen atoms in total. The maximum absolute atomic E-state index is 13.3. The third-order valence-corrected chi connectivity index (χ3v) is 7.95. The summed E-state index contributed by atoms with van der Waals surface area (Å²) in [6.07, 6.45) is 7.53. The molecule has 1 aliphatic carbocycles. The topological polar surface area (TPSA) is 44.4 Å². The molecule has 0 bridgehead atoms. The van der Waals surface area contributed by atoms with Gasteiger partial charge in [0.05, 0.1) is 4.88 Å².